The number of aromatic nitrogens is 1. The van der Waals surface area contributed by atoms with Crippen molar-refractivity contribution >= 4 is 27.7 Å². The molecule has 0 atom stereocenters. The lowest BCUT2D eigenvalue weighted by Gasteiger charge is -2.32. The minimum Gasteiger partial charge on any atom is -0.447 e. The van der Waals surface area contributed by atoms with E-state index < -0.39 is 0 Å². The van der Waals surface area contributed by atoms with Crippen LogP contribution in [0.5, 0.6) is 0 Å². The maximum atomic E-state index is 11.8. The van der Waals surface area contributed by atoms with Crippen molar-refractivity contribution in [3.8, 4) is 0 Å². The Hall–Kier alpha value is -1.30. The van der Waals surface area contributed by atoms with E-state index in [1.165, 1.54) is 0 Å². The molecule has 0 radical (unpaired) electrons. The van der Waals surface area contributed by atoms with Crippen molar-refractivity contribution in [2.45, 2.75) is 38.8 Å². The molecule has 1 aliphatic rings. The average Bonchev–Trinajstić information content (AvgIpc) is 2.38. The summed E-state index contributed by atoms with van der Waals surface area (Å²) < 4.78 is 6.17. The van der Waals surface area contributed by atoms with E-state index in [1.54, 1.807) is 11.1 Å². The molecule has 2 rings (SSSR count). The molecular formula is C14H20BrN3O2. The molecule has 6 heteroatoms. The van der Waals surface area contributed by atoms with Gasteiger partial charge >= 0.3 is 6.09 Å². The quantitative estimate of drug-likeness (QED) is 0.916. The lowest BCUT2D eigenvalue weighted by atomic mass is 10.1. The Morgan fingerprint density at radius 1 is 1.45 bits per heavy atom. The minimum atomic E-state index is -0.206. The van der Waals surface area contributed by atoms with E-state index >= 15 is 0 Å². The molecule has 0 bridgehead atoms. The van der Waals surface area contributed by atoms with E-state index in [0.717, 1.165) is 36.1 Å². The molecule has 110 valence electrons. The van der Waals surface area contributed by atoms with Crippen molar-refractivity contribution in [3.05, 3.63) is 22.9 Å². The number of halogens is 1. The third-order valence-electron chi connectivity index (χ3n) is 3.17. The van der Waals surface area contributed by atoms with Gasteiger partial charge in [0, 0.05) is 29.8 Å². The van der Waals surface area contributed by atoms with Gasteiger partial charge in [-0.3, -0.25) is 4.98 Å². The monoisotopic (exact) mass is 341 g/mol. The van der Waals surface area contributed by atoms with Gasteiger partial charge in [-0.25, -0.2) is 4.79 Å². The van der Waals surface area contributed by atoms with Crippen LogP contribution >= 0.6 is 15.9 Å². The van der Waals surface area contributed by atoms with Crippen LogP contribution in [0.25, 0.3) is 0 Å². The molecule has 0 aliphatic carbocycles. The predicted molar refractivity (Wildman–Crippen MR) is 81.8 cm³/mol. The van der Waals surface area contributed by atoms with E-state index in [1.807, 2.05) is 26.1 Å². The Labute approximate surface area is 127 Å². The summed E-state index contributed by atoms with van der Waals surface area (Å²) >= 11 is 3.41. The average molecular weight is 342 g/mol. The third kappa shape index (κ3) is 4.37. The molecular weight excluding hydrogens is 322 g/mol. The number of likely N-dealkylation sites (tertiary alicyclic amines) is 1. The van der Waals surface area contributed by atoms with Gasteiger partial charge in [0.05, 0.1) is 18.0 Å². The fourth-order valence-corrected chi connectivity index (χ4v) is 2.57. The molecule has 1 aliphatic heterocycles. The molecule has 1 amide bonds. The van der Waals surface area contributed by atoms with Gasteiger partial charge in [-0.05, 0) is 48.7 Å². The number of hydrogen-bond acceptors (Lipinski definition) is 4. The van der Waals surface area contributed by atoms with Gasteiger partial charge < -0.3 is 15.0 Å². The van der Waals surface area contributed by atoms with Crippen molar-refractivity contribution in [1.82, 2.24) is 9.88 Å². The van der Waals surface area contributed by atoms with Gasteiger partial charge in [0.15, 0.2) is 0 Å². The summed E-state index contributed by atoms with van der Waals surface area (Å²) in [6.45, 7) is 5.19. The molecule has 20 heavy (non-hydrogen) atoms. The van der Waals surface area contributed by atoms with Crippen molar-refractivity contribution in [3.63, 3.8) is 0 Å². The fraction of sp³-hybridized carbons (Fsp3) is 0.571. The van der Waals surface area contributed by atoms with Crippen molar-refractivity contribution in [2.24, 2.45) is 0 Å². The first-order chi connectivity index (χ1) is 9.54. The second-order valence-electron chi connectivity index (χ2n) is 5.23. The first kappa shape index (κ1) is 15.1. The molecule has 5 nitrogen and oxygen atoms in total. The van der Waals surface area contributed by atoms with Crippen LogP contribution in [0.3, 0.4) is 0 Å². The molecule has 1 N–H and O–H groups in total. The number of amides is 1. The van der Waals surface area contributed by atoms with Gasteiger partial charge in [-0.1, -0.05) is 0 Å². The van der Waals surface area contributed by atoms with E-state index in [4.69, 9.17) is 4.74 Å². The van der Waals surface area contributed by atoms with Crippen LogP contribution in [0.4, 0.5) is 10.5 Å². The molecule has 0 unspecified atom stereocenters. The molecule has 0 saturated carbocycles. The Morgan fingerprint density at radius 2 is 2.15 bits per heavy atom. The van der Waals surface area contributed by atoms with Gasteiger partial charge in [0.25, 0.3) is 0 Å². The number of anilines is 1. The molecule has 1 saturated heterocycles. The van der Waals surface area contributed by atoms with E-state index in [2.05, 4.69) is 26.2 Å². The summed E-state index contributed by atoms with van der Waals surface area (Å²) in [6.07, 6.45) is 5.13. The van der Waals surface area contributed by atoms with Crippen LogP contribution < -0.4 is 5.32 Å². The number of pyridine rings is 1. The zero-order chi connectivity index (χ0) is 14.5. The summed E-state index contributed by atoms with van der Waals surface area (Å²) in [4.78, 5) is 17.7. The number of hydrogen-bond donors (Lipinski definition) is 1. The number of ether oxygens (including phenoxy) is 1. The third-order valence-corrected chi connectivity index (χ3v) is 3.60. The largest absolute Gasteiger partial charge is 0.447 e. The number of nitrogens with zero attached hydrogens (tertiary/aromatic N) is 2. The van der Waals surface area contributed by atoms with Crippen LogP contribution in [-0.4, -0.2) is 41.2 Å². The standard InChI is InChI=1S/C14H20BrN3O2/c1-10(2)20-14(19)18-5-3-12(4-6-18)17-13-7-11(15)8-16-9-13/h7-10,12,17H,3-6H2,1-2H3. The zero-order valence-corrected chi connectivity index (χ0v) is 13.4. The number of rotatable bonds is 3. The van der Waals surface area contributed by atoms with Crippen LogP contribution in [0.15, 0.2) is 22.9 Å². The molecule has 2 heterocycles. The first-order valence-corrected chi connectivity index (χ1v) is 7.66. The summed E-state index contributed by atoms with van der Waals surface area (Å²) in [5, 5.41) is 3.45. The molecule has 0 aromatic carbocycles. The molecule has 1 aromatic rings. The number of nitrogens with one attached hydrogen (secondary N) is 1. The molecule has 1 aromatic heterocycles. The van der Waals surface area contributed by atoms with Gasteiger partial charge in [0.2, 0.25) is 0 Å². The normalized spacial score (nSPS) is 16.3. The number of carbonyl (C=O) groups is 1. The highest BCUT2D eigenvalue weighted by Gasteiger charge is 2.24. The first-order valence-electron chi connectivity index (χ1n) is 6.87. The zero-order valence-electron chi connectivity index (χ0n) is 11.8. The second-order valence-corrected chi connectivity index (χ2v) is 6.15. The topological polar surface area (TPSA) is 54.5 Å². The van der Waals surface area contributed by atoms with Gasteiger partial charge in [0.1, 0.15) is 0 Å². The smallest absolute Gasteiger partial charge is 0.410 e. The van der Waals surface area contributed by atoms with Crippen molar-refractivity contribution in [2.75, 3.05) is 18.4 Å². The minimum absolute atomic E-state index is 0.0638. The Kier molecular flexibility index (Phi) is 5.23. The number of piperidine rings is 1. The maximum absolute atomic E-state index is 11.8. The SMILES string of the molecule is CC(C)OC(=O)N1CCC(Nc2cncc(Br)c2)CC1. The van der Waals surface area contributed by atoms with Crippen LogP contribution in [0.2, 0.25) is 0 Å². The maximum Gasteiger partial charge on any atom is 0.410 e. The van der Waals surface area contributed by atoms with Gasteiger partial charge in [-0.15, -0.1) is 0 Å². The highest BCUT2D eigenvalue weighted by atomic mass is 79.9. The molecule has 1 fully saturated rings. The Balaban J connectivity index is 1.81. The van der Waals surface area contributed by atoms with Crippen LogP contribution in [0.1, 0.15) is 26.7 Å². The van der Waals surface area contributed by atoms with Crippen LogP contribution in [-0.2, 0) is 4.74 Å². The van der Waals surface area contributed by atoms with Crippen molar-refractivity contribution in [1.29, 1.82) is 0 Å². The van der Waals surface area contributed by atoms with Crippen molar-refractivity contribution < 1.29 is 9.53 Å². The Bertz CT molecular complexity index is 459. The molecule has 0 spiro atoms. The highest BCUT2D eigenvalue weighted by molar-refractivity contribution is 9.10. The van der Waals surface area contributed by atoms with Crippen LogP contribution in [0, 0.1) is 0 Å². The predicted octanol–water partition coefficient (Wildman–Crippen LogP) is 3.27. The summed E-state index contributed by atoms with van der Waals surface area (Å²) in [5.41, 5.74) is 1.00. The van der Waals surface area contributed by atoms with Gasteiger partial charge in [-0.2, -0.15) is 0 Å². The highest BCUT2D eigenvalue weighted by Crippen LogP contribution is 2.19. The fourth-order valence-electron chi connectivity index (χ4n) is 2.21. The summed E-state index contributed by atoms with van der Waals surface area (Å²) in [6, 6.07) is 2.38. The van der Waals surface area contributed by atoms with E-state index in [0.29, 0.717) is 6.04 Å². The van der Waals surface area contributed by atoms with E-state index in [9.17, 15) is 4.79 Å². The summed E-state index contributed by atoms with van der Waals surface area (Å²) in [7, 11) is 0. The Morgan fingerprint density at radius 3 is 2.75 bits per heavy atom. The lowest BCUT2D eigenvalue weighted by molar-refractivity contribution is 0.0701. The number of carbonyl (C=O) groups excluding carboxylic acids is 1. The lowest BCUT2D eigenvalue weighted by Crippen LogP contribution is -2.43. The van der Waals surface area contributed by atoms with E-state index in [-0.39, 0.29) is 12.2 Å². The second kappa shape index (κ2) is 6.92. The summed E-state index contributed by atoms with van der Waals surface area (Å²) in [5.74, 6) is 0.